The minimum Gasteiger partial charge on any atom is -0.383 e. The Hall–Kier alpha value is -1.06. The molecule has 1 heterocycles. The van der Waals surface area contributed by atoms with Gasteiger partial charge in [0.05, 0.1) is 0 Å². The zero-order valence-electron chi connectivity index (χ0n) is 11.8. The van der Waals surface area contributed by atoms with Crippen molar-refractivity contribution in [3.8, 4) is 0 Å². The van der Waals surface area contributed by atoms with Gasteiger partial charge in [-0.15, -0.1) is 0 Å². The molecule has 0 saturated carbocycles. The van der Waals surface area contributed by atoms with Crippen molar-refractivity contribution in [1.29, 1.82) is 0 Å². The molecule has 2 rings (SSSR count). The van der Waals surface area contributed by atoms with Gasteiger partial charge in [0.15, 0.2) is 0 Å². The molecule has 1 atom stereocenters. The predicted molar refractivity (Wildman–Crippen MR) is 78.3 cm³/mol. The van der Waals surface area contributed by atoms with Crippen LogP contribution in [0.25, 0.3) is 0 Å². The summed E-state index contributed by atoms with van der Waals surface area (Å²) in [4.78, 5) is 2.44. The normalized spacial score (nSPS) is 20.9. The van der Waals surface area contributed by atoms with E-state index in [4.69, 9.17) is 0 Å². The van der Waals surface area contributed by atoms with Crippen molar-refractivity contribution >= 4 is 5.69 Å². The highest BCUT2D eigenvalue weighted by Gasteiger charge is 2.18. The largest absolute Gasteiger partial charge is 0.383 e. The second-order valence-electron chi connectivity index (χ2n) is 5.18. The SMILES string of the molecule is CCc1cccc(C)c1NCC1CNCCN1C. The third kappa shape index (κ3) is 3.03. The first-order valence-corrected chi connectivity index (χ1v) is 6.95. The van der Waals surface area contributed by atoms with Crippen molar-refractivity contribution in [2.45, 2.75) is 26.3 Å². The summed E-state index contributed by atoms with van der Waals surface area (Å²) in [5.74, 6) is 0. The van der Waals surface area contributed by atoms with Crippen LogP contribution in [-0.4, -0.2) is 44.2 Å². The van der Waals surface area contributed by atoms with E-state index in [-0.39, 0.29) is 0 Å². The molecule has 0 aliphatic carbocycles. The predicted octanol–water partition coefficient (Wildman–Crippen LogP) is 1.87. The number of rotatable bonds is 4. The topological polar surface area (TPSA) is 27.3 Å². The van der Waals surface area contributed by atoms with E-state index in [9.17, 15) is 0 Å². The molecule has 100 valence electrons. The summed E-state index contributed by atoms with van der Waals surface area (Å²) in [7, 11) is 2.21. The number of anilines is 1. The maximum atomic E-state index is 3.65. The lowest BCUT2D eigenvalue weighted by Gasteiger charge is -2.33. The van der Waals surface area contributed by atoms with Gasteiger partial charge in [0.25, 0.3) is 0 Å². The zero-order valence-corrected chi connectivity index (χ0v) is 11.8. The third-order valence-electron chi connectivity index (χ3n) is 3.90. The van der Waals surface area contributed by atoms with Crippen LogP contribution in [0.4, 0.5) is 5.69 Å². The summed E-state index contributed by atoms with van der Waals surface area (Å²) < 4.78 is 0. The van der Waals surface area contributed by atoms with Gasteiger partial charge in [-0.2, -0.15) is 0 Å². The molecular weight excluding hydrogens is 222 g/mol. The number of para-hydroxylation sites is 1. The van der Waals surface area contributed by atoms with Gasteiger partial charge < -0.3 is 10.6 Å². The lowest BCUT2D eigenvalue weighted by Crippen LogP contribution is -2.52. The molecule has 0 amide bonds. The quantitative estimate of drug-likeness (QED) is 0.850. The Bertz CT molecular complexity index is 389. The molecule has 1 aliphatic rings. The number of nitrogens with zero attached hydrogens (tertiary/aromatic N) is 1. The average molecular weight is 247 g/mol. The van der Waals surface area contributed by atoms with Gasteiger partial charge in [0.1, 0.15) is 0 Å². The van der Waals surface area contributed by atoms with Crippen LogP contribution in [0, 0.1) is 6.92 Å². The second-order valence-corrected chi connectivity index (χ2v) is 5.18. The van der Waals surface area contributed by atoms with Crippen molar-refractivity contribution in [3.63, 3.8) is 0 Å². The molecule has 1 aliphatic heterocycles. The zero-order chi connectivity index (χ0) is 13.0. The van der Waals surface area contributed by atoms with Gasteiger partial charge in [0.2, 0.25) is 0 Å². The van der Waals surface area contributed by atoms with Gasteiger partial charge in [-0.25, -0.2) is 0 Å². The highest BCUT2D eigenvalue weighted by atomic mass is 15.2. The van der Waals surface area contributed by atoms with Gasteiger partial charge in [0, 0.05) is 37.9 Å². The summed E-state index contributed by atoms with van der Waals surface area (Å²) in [5.41, 5.74) is 4.10. The van der Waals surface area contributed by atoms with Gasteiger partial charge >= 0.3 is 0 Å². The van der Waals surface area contributed by atoms with E-state index in [1.807, 2.05) is 0 Å². The van der Waals surface area contributed by atoms with Gasteiger partial charge in [-0.3, -0.25) is 4.90 Å². The van der Waals surface area contributed by atoms with Crippen LogP contribution in [0.15, 0.2) is 18.2 Å². The maximum absolute atomic E-state index is 3.65. The van der Waals surface area contributed by atoms with E-state index in [0.29, 0.717) is 6.04 Å². The molecule has 1 fully saturated rings. The Kier molecular flexibility index (Phi) is 4.61. The number of aryl methyl sites for hydroxylation is 2. The van der Waals surface area contributed by atoms with Crippen LogP contribution < -0.4 is 10.6 Å². The number of nitrogens with one attached hydrogen (secondary N) is 2. The minimum absolute atomic E-state index is 0.586. The second kappa shape index (κ2) is 6.21. The molecule has 1 unspecified atom stereocenters. The Balaban J connectivity index is 2.01. The van der Waals surface area contributed by atoms with Crippen LogP contribution in [0.5, 0.6) is 0 Å². The molecule has 1 saturated heterocycles. The van der Waals surface area contributed by atoms with Crippen LogP contribution in [0.3, 0.4) is 0 Å². The van der Waals surface area contributed by atoms with E-state index in [1.54, 1.807) is 0 Å². The van der Waals surface area contributed by atoms with Crippen LogP contribution in [-0.2, 0) is 6.42 Å². The molecule has 0 aromatic heterocycles. The number of benzene rings is 1. The molecular formula is C15H25N3. The maximum Gasteiger partial charge on any atom is 0.0402 e. The van der Waals surface area contributed by atoms with E-state index >= 15 is 0 Å². The highest BCUT2D eigenvalue weighted by molar-refractivity contribution is 5.57. The molecule has 18 heavy (non-hydrogen) atoms. The van der Waals surface area contributed by atoms with E-state index in [1.165, 1.54) is 16.8 Å². The number of hydrogen-bond acceptors (Lipinski definition) is 3. The van der Waals surface area contributed by atoms with E-state index in [0.717, 1.165) is 32.6 Å². The fourth-order valence-electron chi connectivity index (χ4n) is 2.59. The minimum atomic E-state index is 0.586. The first-order chi connectivity index (χ1) is 8.72. The lowest BCUT2D eigenvalue weighted by molar-refractivity contribution is 0.209. The van der Waals surface area contributed by atoms with E-state index < -0.39 is 0 Å². The third-order valence-corrected chi connectivity index (χ3v) is 3.90. The Morgan fingerprint density at radius 3 is 3.00 bits per heavy atom. The summed E-state index contributed by atoms with van der Waals surface area (Å²) in [5, 5.41) is 7.11. The fourth-order valence-corrected chi connectivity index (χ4v) is 2.59. The molecule has 0 radical (unpaired) electrons. The standard InChI is InChI=1S/C15H25N3/c1-4-13-7-5-6-12(2)15(13)17-11-14-10-16-8-9-18(14)3/h5-7,14,16-17H,4,8-11H2,1-3H3. The van der Waals surface area contributed by atoms with Crippen molar-refractivity contribution in [1.82, 2.24) is 10.2 Å². The summed E-state index contributed by atoms with van der Waals surface area (Å²) in [6.07, 6.45) is 1.09. The summed E-state index contributed by atoms with van der Waals surface area (Å²) >= 11 is 0. The molecule has 0 bridgehead atoms. The van der Waals surface area contributed by atoms with E-state index in [2.05, 4.69) is 54.6 Å². The molecule has 1 aromatic rings. The van der Waals surface area contributed by atoms with Crippen molar-refractivity contribution < 1.29 is 0 Å². The average Bonchev–Trinajstić information content (AvgIpc) is 2.39. The van der Waals surface area contributed by atoms with Gasteiger partial charge in [-0.1, -0.05) is 25.1 Å². The Morgan fingerprint density at radius 2 is 2.28 bits per heavy atom. The van der Waals surface area contributed by atoms with Crippen LogP contribution in [0.2, 0.25) is 0 Å². The monoisotopic (exact) mass is 247 g/mol. The molecule has 1 aromatic carbocycles. The summed E-state index contributed by atoms with van der Waals surface area (Å²) in [6.45, 7) is 8.75. The van der Waals surface area contributed by atoms with Crippen molar-refractivity contribution in [3.05, 3.63) is 29.3 Å². The number of likely N-dealkylation sites (N-methyl/N-ethyl adjacent to an activating group) is 1. The van der Waals surface area contributed by atoms with Crippen LogP contribution in [0.1, 0.15) is 18.1 Å². The van der Waals surface area contributed by atoms with Gasteiger partial charge in [-0.05, 0) is 31.5 Å². The lowest BCUT2D eigenvalue weighted by atomic mass is 10.1. The summed E-state index contributed by atoms with van der Waals surface area (Å²) in [6, 6.07) is 7.14. The Morgan fingerprint density at radius 1 is 1.44 bits per heavy atom. The number of piperazine rings is 1. The first-order valence-electron chi connectivity index (χ1n) is 6.95. The van der Waals surface area contributed by atoms with Crippen LogP contribution >= 0.6 is 0 Å². The Labute approximate surface area is 111 Å². The van der Waals surface area contributed by atoms with Crippen molar-refractivity contribution in [2.75, 3.05) is 38.5 Å². The molecule has 3 heteroatoms. The highest BCUT2D eigenvalue weighted by Crippen LogP contribution is 2.21. The smallest absolute Gasteiger partial charge is 0.0402 e. The molecule has 2 N–H and O–H groups in total. The molecule has 3 nitrogen and oxygen atoms in total. The molecule has 0 spiro atoms. The van der Waals surface area contributed by atoms with Crippen molar-refractivity contribution in [2.24, 2.45) is 0 Å². The fraction of sp³-hybridized carbons (Fsp3) is 0.600. The number of hydrogen-bond donors (Lipinski definition) is 2. The first kappa shape index (κ1) is 13.4.